The number of benzene rings is 2. The maximum atomic E-state index is 11.5. The van der Waals surface area contributed by atoms with E-state index in [9.17, 15) is 9.90 Å². The van der Waals surface area contributed by atoms with E-state index in [0.29, 0.717) is 5.56 Å². The molecule has 1 aliphatic heterocycles. The maximum Gasteiger partial charge on any atom is 0.395 e. The van der Waals surface area contributed by atoms with Gasteiger partial charge in [-0.2, -0.15) is 0 Å². The maximum absolute atomic E-state index is 11.5. The first-order chi connectivity index (χ1) is 8.74. The van der Waals surface area contributed by atoms with Gasteiger partial charge in [-0.15, -0.1) is 0 Å². The first-order valence-corrected chi connectivity index (χ1v) is 5.46. The van der Waals surface area contributed by atoms with E-state index < -0.39 is 11.8 Å². The van der Waals surface area contributed by atoms with E-state index in [1.54, 1.807) is 12.1 Å². The second-order valence-corrected chi connectivity index (χ2v) is 3.96. The monoisotopic (exact) mass is 242 g/mol. The molecule has 2 aromatic rings. The van der Waals surface area contributed by atoms with E-state index in [4.69, 9.17) is 9.47 Å². The summed E-state index contributed by atoms with van der Waals surface area (Å²) in [4.78, 5) is 11.5. The summed E-state index contributed by atoms with van der Waals surface area (Å²) in [7, 11) is 0. The molecule has 0 amide bonds. The van der Waals surface area contributed by atoms with Gasteiger partial charge < -0.3 is 14.6 Å². The molecule has 4 nitrogen and oxygen atoms in total. The Balaban J connectivity index is 2.28. The zero-order chi connectivity index (χ0) is 12.6. The molecule has 18 heavy (non-hydrogen) atoms. The van der Waals surface area contributed by atoms with Crippen molar-refractivity contribution in [3.8, 4) is 0 Å². The Morgan fingerprint density at radius 3 is 2.39 bits per heavy atom. The normalized spacial score (nSPS) is 16.2. The lowest BCUT2D eigenvalue weighted by atomic mass is 9.98. The number of hydrogen-bond acceptors (Lipinski definition) is 3. The van der Waals surface area contributed by atoms with Crippen molar-refractivity contribution in [1.82, 2.24) is 0 Å². The topological polar surface area (TPSA) is 55.8 Å². The number of carboxylic acid groups (broad SMARTS) is 1. The Kier molecular flexibility index (Phi) is 2.23. The van der Waals surface area contributed by atoms with Gasteiger partial charge in [0, 0.05) is 0 Å². The van der Waals surface area contributed by atoms with Crippen LogP contribution >= 0.6 is 0 Å². The molecule has 0 aromatic heterocycles. The number of fused-ring (bicyclic) bond motifs is 1. The quantitative estimate of drug-likeness (QED) is 0.879. The molecule has 0 saturated heterocycles. The minimum Gasteiger partial charge on any atom is -0.475 e. The van der Waals surface area contributed by atoms with Gasteiger partial charge in [-0.3, -0.25) is 0 Å². The molecule has 0 radical (unpaired) electrons. The minimum absolute atomic E-state index is 0.484. The summed E-state index contributed by atoms with van der Waals surface area (Å²) in [5.74, 6) is -2.95. The van der Waals surface area contributed by atoms with Gasteiger partial charge in [0.2, 0.25) is 0 Å². The van der Waals surface area contributed by atoms with Gasteiger partial charge in [0.25, 0.3) is 0 Å². The third-order valence-electron chi connectivity index (χ3n) is 2.95. The summed E-state index contributed by atoms with van der Waals surface area (Å²) in [6.45, 7) is 0. The fraction of sp³-hybridized carbons (Fsp3) is 0.0714. The second-order valence-electron chi connectivity index (χ2n) is 3.96. The number of hydrogen-bond donors (Lipinski definition) is 1. The molecule has 0 unspecified atom stereocenters. The molecule has 0 bridgehead atoms. The SMILES string of the molecule is O=C(O)C1(c2cccc3ccccc23)OC=CO1. The van der Waals surface area contributed by atoms with Crippen molar-refractivity contribution in [2.45, 2.75) is 5.79 Å². The van der Waals surface area contributed by atoms with Crippen LogP contribution in [0.4, 0.5) is 0 Å². The van der Waals surface area contributed by atoms with Crippen molar-refractivity contribution in [3.63, 3.8) is 0 Å². The number of carbonyl (C=O) groups is 1. The number of carboxylic acids is 1. The van der Waals surface area contributed by atoms with Crippen molar-refractivity contribution >= 4 is 16.7 Å². The Hall–Kier alpha value is -2.49. The van der Waals surface area contributed by atoms with Crippen LogP contribution < -0.4 is 0 Å². The fourth-order valence-corrected chi connectivity index (χ4v) is 2.13. The zero-order valence-electron chi connectivity index (χ0n) is 9.37. The van der Waals surface area contributed by atoms with Crippen LogP contribution in [0, 0.1) is 0 Å². The zero-order valence-corrected chi connectivity index (χ0v) is 9.37. The molecule has 0 aliphatic carbocycles. The van der Waals surface area contributed by atoms with Crippen molar-refractivity contribution in [2.24, 2.45) is 0 Å². The lowest BCUT2D eigenvalue weighted by Gasteiger charge is -2.24. The molecule has 0 spiro atoms. The van der Waals surface area contributed by atoms with Gasteiger partial charge >= 0.3 is 11.8 Å². The molecular weight excluding hydrogens is 232 g/mol. The predicted octanol–water partition coefficient (Wildman–Crippen LogP) is 2.60. The first-order valence-electron chi connectivity index (χ1n) is 5.46. The summed E-state index contributed by atoms with van der Waals surface area (Å²) in [5.41, 5.74) is 0.484. The molecule has 2 aromatic carbocycles. The van der Waals surface area contributed by atoms with E-state index in [1.807, 2.05) is 30.3 Å². The van der Waals surface area contributed by atoms with E-state index in [-0.39, 0.29) is 0 Å². The molecule has 1 aliphatic rings. The van der Waals surface area contributed by atoms with E-state index in [2.05, 4.69) is 0 Å². The highest BCUT2D eigenvalue weighted by Crippen LogP contribution is 2.36. The Morgan fingerprint density at radius 1 is 1.00 bits per heavy atom. The second kappa shape index (κ2) is 3.77. The minimum atomic E-state index is -1.78. The van der Waals surface area contributed by atoms with Crippen LogP contribution in [0.15, 0.2) is 55.0 Å². The van der Waals surface area contributed by atoms with Crippen LogP contribution in [0.3, 0.4) is 0 Å². The van der Waals surface area contributed by atoms with Gasteiger partial charge in [0.05, 0.1) is 5.56 Å². The largest absolute Gasteiger partial charge is 0.475 e. The number of ether oxygens (including phenoxy) is 2. The highest BCUT2D eigenvalue weighted by molar-refractivity contribution is 5.91. The van der Waals surface area contributed by atoms with Crippen LogP contribution in [0.5, 0.6) is 0 Å². The van der Waals surface area contributed by atoms with E-state index >= 15 is 0 Å². The van der Waals surface area contributed by atoms with Crippen LogP contribution in [0.2, 0.25) is 0 Å². The summed E-state index contributed by atoms with van der Waals surface area (Å²) in [5, 5.41) is 11.1. The smallest absolute Gasteiger partial charge is 0.395 e. The van der Waals surface area contributed by atoms with Gasteiger partial charge in [-0.25, -0.2) is 4.79 Å². The summed E-state index contributed by atoms with van der Waals surface area (Å²) in [6.07, 6.45) is 2.49. The standard InChI is InChI=1S/C14H10O4/c15-13(16)14(17-8-9-18-14)12-7-3-5-10-4-1-2-6-11(10)12/h1-9H,(H,15,16). The third-order valence-corrected chi connectivity index (χ3v) is 2.95. The highest BCUT2D eigenvalue weighted by Gasteiger charge is 2.48. The molecule has 1 heterocycles. The van der Waals surface area contributed by atoms with Gasteiger partial charge in [-0.05, 0) is 16.8 Å². The number of rotatable bonds is 2. The Bertz CT molecular complexity index is 632. The van der Waals surface area contributed by atoms with E-state index in [1.165, 1.54) is 12.5 Å². The van der Waals surface area contributed by atoms with Gasteiger partial charge in [-0.1, -0.05) is 36.4 Å². The van der Waals surface area contributed by atoms with Crippen LogP contribution in [-0.4, -0.2) is 11.1 Å². The van der Waals surface area contributed by atoms with Crippen LogP contribution in [0.1, 0.15) is 5.56 Å². The molecule has 1 N–H and O–H groups in total. The molecule has 0 atom stereocenters. The van der Waals surface area contributed by atoms with Crippen molar-refractivity contribution in [1.29, 1.82) is 0 Å². The summed E-state index contributed by atoms with van der Waals surface area (Å²) < 4.78 is 10.4. The molecule has 0 fully saturated rings. The number of aliphatic carboxylic acids is 1. The lowest BCUT2D eigenvalue weighted by Crippen LogP contribution is -2.36. The molecular formula is C14H10O4. The first kappa shape index (κ1) is 10.7. The third kappa shape index (κ3) is 1.35. The van der Waals surface area contributed by atoms with Crippen LogP contribution in [0.25, 0.3) is 10.8 Å². The average Bonchev–Trinajstić information content (AvgIpc) is 2.88. The van der Waals surface area contributed by atoms with Gasteiger partial charge in [0.1, 0.15) is 12.5 Å². The molecule has 90 valence electrons. The molecule has 4 heteroatoms. The lowest BCUT2D eigenvalue weighted by molar-refractivity contribution is -0.198. The Labute approximate surface area is 103 Å². The average molecular weight is 242 g/mol. The van der Waals surface area contributed by atoms with Crippen molar-refractivity contribution in [2.75, 3.05) is 0 Å². The molecule has 3 rings (SSSR count). The highest BCUT2D eigenvalue weighted by atomic mass is 16.7. The Morgan fingerprint density at radius 2 is 1.67 bits per heavy atom. The van der Waals surface area contributed by atoms with Gasteiger partial charge in [0.15, 0.2) is 0 Å². The van der Waals surface area contributed by atoms with Crippen molar-refractivity contribution < 1.29 is 19.4 Å². The predicted molar refractivity (Wildman–Crippen MR) is 64.6 cm³/mol. The summed E-state index contributed by atoms with van der Waals surface area (Å²) in [6, 6.07) is 12.9. The van der Waals surface area contributed by atoms with Crippen LogP contribution in [-0.2, 0) is 20.1 Å². The van der Waals surface area contributed by atoms with Crippen molar-refractivity contribution in [3.05, 3.63) is 60.6 Å². The fourth-order valence-electron chi connectivity index (χ4n) is 2.13. The summed E-state index contributed by atoms with van der Waals surface area (Å²) >= 11 is 0. The van der Waals surface area contributed by atoms with E-state index in [0.717, 1.165) is 10.8 Å². The molecule has 0 saturated carbocycles.